The van der Waals surface area contributed by atoms with Gasteiger partial charge in [0.05, 0.1) is 39.1 Å². The van der Waals surface area contributed by atoms with Crippen LogP contribution in [-0.2, 0) is 9.53 Å². The van der Waals surface area contributed by atoms with Crippen LogP contribution in [0.15, 0.2) is 23.3 Å². The average Bonchev–Trinajstić information content (AvgIpc) is 2.60. The molecule has 1 fully saturated rings. The van der Waals surface area contributed by atoms with Crippen LogP contribution in [-0.4, -0.2) is 75.6 Å². The van der Waals surface area contributed by atoms with E-state index in [0.717, 1.165) is 18.7 Å². The van der Waals surface area contributed by atoms with E-state index in [2.05, 4.69) is 5.10 Å². The van der Waals surface area contributed by atoms with Gasteiger partial charge in [0.15, 0.2) is 18.1 Å². The molecule has 1 aliphatic rings. The monoisotopic (exact) mass is 335 g/mol. The van der Waals surface area contributed by atoms with Crippen molar-refractivity contribution in [3.8, 4) is 11.5 Å². The van der Waals surface area contributed by atoms with Crippen LogP contribution >= 0.6 is 0 Å². The van der Waals surface area contributed by atoms with Gasteiger partial charge in [0, 0.05) is 14.1 Å². The van der Waals surface area contributed by atoms with E-state index in [1.807, 2.05) is 24.1 Å². The summed E-state index contributed by atoms with van der Waals surface area (Å²) < 4.78 is 16.5. The number of benzene rings is 1. The highest BCUT2D eigenvalue weighted by atomic mass is 16.5. The van der Waals surface area contributed by atoms with Gasteiger partial charge in [-0.05, 0) is 30.7 Å². The number of carbonyl (C=O) groups is 1. The molecule has 1 aromatic carbocycles. The molecule has 0 aliphatic carbocycles. The Labute approximate surface area is 142 Å². The van der Waals surface area contributed by atoms with Crippen LogP contribution in [0.25, 0.3) is 0 Å². The SMILES string of the molecule is CCOc1cc(/C=N\N2CCOCC2)ccc1OCC(=O)N(C)C. The number of hydrazone groups is 1. The molecule has 0 unspecified atom stereocenters. The highest BCUT2D eigenvalue weighted by Crippen LogP contribution is 2.28. The number of rotatable bonds is 7. The van der Waals surface area contributed by atoms with E-state index in [0.29, 0.717) is 31.3 Å². The van der Waals surface area contributed by atoms with Crippen LogP contribution < -0.4 is 9.47 Å². The molecule has 0 spiro atoms. The molecule has 1 amide bonds. The maximum atomic E-state index is 11.7. The standard InChI is InChI=1S/C17H25N3O4/c1-4-23-16-11-14(12-18-20-7-9-22-10-8-20)5-6-15(16)24-13-17(21)19(2)3/h5-6,11-12H,4,7-10,13H2,1-3H3/b18-12-. The second kappa shape index (κ2) is 9.12. The topological polar surface area (TPSA) is 63.6 Å². The number of likely N-dealkylation sites (N-methyl/N-ethyl adjacent to an activating group) is 1. The maximum absolute atomic E-state index is 11.7. The van der Waals surface area contributed by atoms with E-state index >= 15 is 0 Å². The molecule has 24 heavy (non-hydrogen) atoms. The number of hydrogen-bond acceptors (Lipinski definition) is 6. The van der Waals surface area contributed by atoms with Crippen LogP contribution in [0.1, 0.15) is 12.5 Å². The van der Waals surface area contributed by atoms with Crippen molar-refractivity contribution in [3.05, 3.63) is 23.8 Å². The van der Waals surface area contributed by atoms with Crippen molar-refractivity contribution in [1.29, 1.82) is 0 Å². The third-order valence-corrected chi connectivity index (χ3v) is 3.48. The third-order valence-electron chi connectivity index (χ3n) is 3.48. The van der Waals surface area contributed by atoms with E-state index < -0.39 is 0 Å². The molecule has 1 aromatic rings. The molecule has 7 nitrogen and oxygen atoms in total. The van der Waals surface area contributed by atoms with Gasteiger partial charge in [-0.2, -0.15) is 5.10 Å². The van der Waals surface area contributed by atoms with Crippen molar-refractivity contribution >= 4 is 12.1 Å². The number of ether oxygens (including phenoxy) is 3. The summed E-state index contributed by atoms with van der Waals surface area (Å²) in [5.74, 6) is 1.06. The van der Waals surface area contributed by atoms with E-state index in [1.165, 1.54) is 4.90 Å². The van der Waals surface area contributed by atoms with E-state index in [1.54, 1.807) is 26.4 Å². The summed E-state index contributed by atoms with van der Waals surface area (Å²) in [7, 11) is 3.39. The molecule has 0 N–H and O–H groups in total. The van der Waals surface area contributed by atoms with Gasteiger partial charge in [-0.25, -0.2) is 0 Å². The summed E-state index contributed by atoms with van der Waals surface area (Å²) in [6.45, 7) is 5.40. The number of carbonyl (C=O) groups excluding carboxylic acids is 1. The molecule has 0 aromatic heterocycles. The Balaban J connectivity index is 2.04. The van der Waals surface area contributed by atoms with Crippen LogP contribution in [0.4, 0.5) is 0 Å². The molecule has 1 aliphatic heterocycles. The first-order valence-electron chi connectivity index (χ1n) is 8.06. The largest absolute Gasteiger partial charge is 0.490 e. The van der Waals surface area contributed by atoms with Crippen molar-refractivity contribution in [3.63, 3.8) is 0 Å². The Bertz CT molecular complexity index is 569. The van der Waals surface area contributed by atoms with Crippen molar-refractivity contribution in [2.75, 3.05) is 53.6 Å². The van der Waals surface area contributed by atoms with E-state index in [9.17, 15) is 4.79 Å². The van der Waals surface area contributed by atoms with Gasteiger partial charge in [-0.3, -0.25) is 9.80 Å². The highest BCUT2D eigenvalue weighted by Gasteiger charge is 2.11. The highest BCUT2D eigenvalue weighted by molar-refractivity contribution is 5.81. The third kappa shape index (κ3) is 5.42. The average molecular weight is 335 g/mol. The van der Waals surface area contributed by atoms with Crippen molar-refractivity contribution in [2.24, 2.45) is 5.10 Å². The Morgan fingerprint density at radius 2 is 2.04 bits per heavy atom. The zero-order chi connectivity index (χ0) is 17.4. The van der Waals surface area contributed by atoms with Crippen LogP contribution in [0.5, 0.6) is 11.5 Å². The number of morpholine rings is 1. The molecule has 132 valence electrons. The second-order valence-corrected chi connectivity index (χ2v) is 5.53. The Morgan fingerprint density at radius 3 is 2.71 bits per heavy atom. The van der Waals surface area contributed by atoms with Gasteiger partial charge in [-0.15, -0.1) is 0 Å². The summed E-state index contributed by atoms with van der Waals surface area (Å²) >= 11 is 0. The predicted octanol–water partition coefficient (Wildman–Crippen LogP) is 1.22. The minimum absolute atomic E-state index is 0.0196. The quantitative estimate of drug-likeness (QED) is 0.701. The van der Waals surface area contributed by atoms with E-state index in [4.69, 9.17) is 14.2 Å². The molecule has 1 heterocycles. The molecular weight excluding hydrogens is 310 g/mol. The molecule has 1 saturated heterocycles. The van der Waals surface area contributed by atoms with Gasteiger partial charge >= 0.3 is 0 Å². The van der Waals surface area contributed by atoms with Crippen LogP contribution in [0.3, 0.4) is 0 Å². The summed E-state index contributed by atoms with van der Waals surface area (Å²) in [4.78, 5) is 13.1. The Kier molecular flexibility index (Phi) is 6.87. The lowest BCUT2D eigenvalue weighted by molar-refractivity contribution is -0.130. The van der Waals surface area contributed by atoms with Crippen LogP contribution in [0.2, 0.25) is 0 Å². The van der Waals surface area contributed by atoms with Gasteiger partial charge in [0.2, 0.25) is 0 Å². The Hall–Kier alpha value is -2.28. The summed E-state index contributed by atoms with van der Waals surface area (Å²) in [5, 5.41) is 6.43. The van der Waals surface area contributed by atoms with Gasteiger partial charge in [0.1, 0.15) is 0 Å². The summed E-state index contributed by atoms with van der Waals surface area (Å²) in [5.41, 5.74) is 0.913. The molecule has 0 saturated carbocycles. The number of amides is 1. The van der Waals surface area contributed by atoms with Crippen molar-refractivity contribution in [1.82, 2.24) is 9.91 Å². The summed E-state index contributed by atoms with van der Waals surface area (Å²) in [6.07, 6.45) is 1.79. The fourth-order valence-electron chi connectivity index (χ4n) is 2.08. The molecule has 7 heteroatoms. The Morgan fingerprint density at radius 1 is 1.29 bits per heavy atom. The molecular formula is C17H25N3O4. The van der Waals surface area contributed by atoms with Crippen molar-refractivity contribution < 1.29 is 19.0 Å². The fourth-order valence-corrected chi connectivity index (χ4v) is 2.08. The lowest BCUT2D eigenvalue weighted by Crippen LogP contribution is -2.32. The zero-order valence-corrected chi connectivity index (χ0v) is 14.5. The predicted molar refractivity (Wildman–Crippen MR) is 91.8 cm³/mol. The minimum Gasteiger partial charge on any atom is -0.490 e. The number of hydrogen-bond donors (Lipinski definition) is 0. The lowest BCUT2D eigenvalue weighted by Gasteiger charge is -2.23. The first kappa shape index (κ1) is 18.1. The smallest absolute Gasteiger partial charge is 0.259 e. The lowest BCUT2D eigenvalue weighted by atomic mass is 10.2. The van der Waals surface area contributed by atoms with Crippen molar-refractivity contribution in [2.45, 2.75) is 6.92 Å². The summed E-state index contributed by atoms with van der Waals surface area (Å²) in [6, 6.07) is 5.56. The first-order chi connectivity index (χ1) is 11.6. The van der Waals surface area contributed by atoms with E-state index in [-0.39, 0.29) is 12.5 Å². The number of nitrogens with zero attached hydrogens (tertiary/aromatic N) is 3. The molecule has 0 bridgehead atoms. The maximum Gasteiger partial charge on any atom is 0.259 e. The molecule has 2 rings (SSSR count). The fraction of sp³-hybridized carbons (Fsp3) is 0.529. The first-order valence-corrected chi connectivity index (χ1v) is 8.06. The zero-order valence-electron chi connectivity index (χ0n) is 14.5. The van der Waals surface area contributed by atoms with Crippen LogP contribution in [0, 0.1) is 0 Å². The van der Waals surface area contributed by atoms with Gasteiger partial charge in [0.25, 0.3) is 5.91 Å². The molecule has 0 atom stereocenters. The van der Waals surface area contributed by atoms with Gasteiger partial charge in [-0.1, -0.05) is 0 Å². The minimum atomic E-state index is -0.101. The second-order valence-electron chi connectivity index (χ2n) is 5.53. The van der Waals surface area contributed by atoms with Gasteiger partial charge < -0.3 is 19.1 Å². The normalized spacial score (nSPS) is 14.7. The molecule has 0 radical (unpaired) electrons.